The van der Waals surface area contributed by atoms with E-state index in [1.165, 1.54) is 0 Å². The average molecular weight is 207 g/mol. The molecule has 0 saturated carbocycles. The Bertz CT molecular complexity index is 403. The fraction of sp³-hybridized carbons (Fsp3) is 0.364. The van der Waals surface area contributed by atoms with E-state index in [0.717, 1.165) is 11.1 Å². The summed E-state index contributed by atoms with van der Waals surface area (Å²) in [5.74, 6) is -0.664. The highest BCUT2D eigenvalue weighted by Crippen LogP contribution is 2.27. The minimum atomic E-state index is -0.851. The van der Waals surface area contributed by atoms with Crippen LogP contribution in [-0.4, -0.2) is 22.2 Å². The SMILES string of the molecule is CC1NC(C(=O)O)Cc2cc(O)ccc21. The molecule has 1 aliphatic heterocycles. The van der Waals surface area contributed by atoms with Crippen molar-refractivity contribution in [3.8, 4) is 5.75 Å². The third-order valence-corrected chi connectivity index (χ3v) is 2.77. The highest BCUT2D eigenvalue weighted by molar-refractivity contribution is 5.74. The zero-order chi connectivity index (χ0) is 11.0. The van der Waals surface area contributed by atoms with Gasteiger partial charge in [0, 0.05) is 6.04 Å². The Morgan fingerprint density at radius 1 is 1.53 bits per heavy atom. The molecule has 2 unspecified atom stereocenters. The van der Waals surface area contributed by atoms with Crippen LogP contribution in [-0.2, 0) is 11.2 Å². The third-order valence-electron chi connectivity index (χ3n) is 2.77. The maximum atomic E-state index is 10.9. The number of hydrogen-bond donors (Lipinski definition) is 3. The van der Waals surface area contributed by atoms with Crippen molar-refractivity contribution < 1.29 is 15.0 Å². The van der Waals surface area contributed by atoms with Gasteiger partial charge in [0.15, 0.2) is 0 Å². The van der Waals surface area contributed by atoms with Gasteiger partial charge in [-0.15, -0.1) is 0 Å². The first-order valence-corrected chi connectivity index (χ1v) is 4.88. The Balaban J connectivity index is 2.37. The number of carboxylic acids is 1. The van der Waals surface area contributed by atoms with Crippen molar-refractivity contribution in [1.82, 2.24) is 5.32 Å². The number of phenols is 1. The van der Waals surface area contributed by atoms with Crippen LogP contribution in [0.25, 0.3) is 0 Å². The summed E-state index contributed by atoms with van der Waals surface area (Å²) in [4.78, 5) is 10.9. The molecule has 0 bridgehead atoms. The van der Waals surface area contributed by atoms with E-state index in [-0.39, 0.29) is 11.8 Å². The number of carboxylic acid groups (broad SMARTS) is 1. The van der Waals surface area contributed by atoms with Crippen LogP contribution in [0.4, 0.5) is 0 Å². The van der Waals surface area contributed by atoms with Crippen molar-refractivity contribution in [1.29, 1.82) is 0 Å². The van der Waals surface area contributed by atoms with Crippen LogP contribution >= 0.6 is 0 Å². The van der Waals surface area contributed by atoms with E-state index in [1.54, 1.807) is 12.1 Å². The van der Waals surface area contributed by atoms with Gasteiger partial charge in [0.1, 0.15) is 11.8 Å². The topological polar surface area (TPSA) is 69.6 Å². The van der Waals surface area contributed by atoms with Gasteiger partial charge in [0.05, 0.1) is 0 Å². The second-order valence-electron chi connectivity index (χ2n) is 3.87. The zero-order valence-corrected chi connectivity index (χ0v) is 8.40. The van der Waals surface area contributed by atoms with Crippen LogP contribution in [0.1, 0.15) is 24.1 Å². The summed E-state index contributed by atoms with van der Waals surface area (Å²) in [5, 5.41) is 21.3. The molecule has 1 aromatic rings. The van der Waals surface area contributed by atoms with Gasteiger partial charge in [-0.3, -0.25) is 10.1 Å². The van der Waals surface area contributed by atoms with Gasteiger partial charge >= 0.3 is 5.97 Å². The van der Waals surface area contributed by atoms with Crippen molar-refractivity contribution in [2.75, 3.05) is 0 Å². The molecule has 4 nitrogen and oxygen atoms in total. The standard InChI is InChI=1S/C11H13NO3/c1-6-9-3-2-8(13)4-7(9)5-10(12-6)11(14)15/h2-4,6,10,12-13H,5H2,1H3,(H,14,15). The lowest BCUT2D eigenvalue weighted by molar-refractivity contribution is -0.139. The van der Waals surface area contributed by atoms with Crippen molar-refractivity contribution in [2.45, 2.75) is 25.4 Å². The third kappa shape index (κ3) is 1.80. The number of rotatable bonds is 1. The summed E-state index contributed by atoms with van der Waals surface area (Å²) in [6.07, 6.45) is 0.420. The quantitative estimate of drug-likeness (QED) is 0.643. The molecule has 0 aromatic heterocycles. The molecule has 1 heterocycles. The second kappa shape index (κ2) is 3.55. The summed E-state index contributed by atoms with van der Waals surface area (Å²) in [6, 6.07) is 4.55. The molecule has 0 fully saturated rings. The number of carbonyl (C=O) groups is 1. The van der Waals surface area contributed by atoms with Crippen LogP contribution in [0.3, 0.4) is 0 Å². The van der Waals surface area contributed by atoms with Crippen LogP contribution in [0, 0.1) is 0 Å². The number of fused-ring (bicyclic) bond motifs is 1. The first-order chi connectivity index (χ1) is 7.08. The summed E-state index contributed by atoms with van der Waals surface area (Å²) < 4.78 is 0. The van der Waals surface area contributed by atoms with E-state index < -0.39 is 12.0 Å². The molecule has 0 amide bonds. The van der Waals surface area contributed by atoms with Gasteiger partial charge in [-0.05, 0) is 36.6 Å². The number of nitrogens with one attached hydrogen (secondary N) is 1. The van der Waals surface area contributed by atoms with Gasteiger partial charge < -0.3 is 10.2 Å². The largest absolute Gasteiger partial charge is 0.508 e. The summed E-state index contributed by atoms with van der Waals surface area (Å²) >= 11 is 0. The van der Waals surface area contributed by atoms with Crippen molar-refractivity contribution in [2.24, 2.45) is 0 Å². The number of aliphatic carboxylic acids is 1. The molecular formula is C11H13NO3. The van der Waals surface area contributed by atoms with Gasteiger partial charge in [-0.25, -0.2) is 0 Å². The van der Waals surface area contributed by atoms with Gasteiger partial charge in [0.2, 0.25) is 0 Å². The predicted molar refractivity (Wildman–Crippen MR) is 54.8 cm³/mol. The monoisotopic (exact) mass is 207 g/mol. The van der Waals surface area contributed by atoms with Crippen LogP contribution in [0.15, 0.2) is 18.2 Å². The molecule has 2 rings (SSSR count). The molecule has 4 heteroatoms. The molecule has 80 valence electrons. The molecule has 0 aliphatic carbocycles. The summed E-state index contributed by atoms with van der Waals surface area (Å²) in [6.45, 7) is 1.92. The van der Waals surface area contributed by atoms with Gasteiger partial charge in [-0.2, -0.15) is 0 Å². The van der Waals surface area contributed by atoms with Crippen LogP contribution in [0.2, 0.25) is 0 Å². The van der Waals surface area contributed by atoms with Crippen molar-refractivity contribution in [3.63, 3.8) is 0 Å². The first-order valence-electron chi connectivity index (χ1n) is 4.88. The minimum absolute atomic E-state index is 0.00968. The van der Waals surface area contributed by atoms with E-state index in [9.17, 15) is 9.90 Å². The van der Waals surface area contributed by atoms with Crippen LogP contribution in [0.5, 0.6) is 5.75 Å². The Morgan fingerprint density at radius 3 is 2.93 bits per heavy atom. The van der Waals surface area contributed by atoms with Gasteiger partial charge in [-0.1, -0.05) is 6.07 Å². The number of hydrogen-bond acceptors (Lipinski definition) is 3. The predicted octanol–water partition coefficient (Wildman–Crippen LogP) is 1.05. The Kier molecular flexibility index (Phi) is 2.36. The lowest BCUT2D eigenvalue weighted by Crippen LogP contribution is -2.43. The maximum Gasteiger partial charge on any atom is 0.321 e. The van der Waals surface area contributed by atoms with E-state index in [0.29, 0.717) is 6.42 Å². The molecule has 2 atom stereocenters. The number of phenolic OH excluding ortho intramolecular Hbond substituents is 1. The lowest BCUT2D eigenvalue weighted by atomic mass is 9.91. The van der Waals surface area contributed by atoms with Crippen LogP contribution < -0.4 is 5.32 Å². The summed E-state index contributed by atoms with van der Waals surface area (Å²) in [5.41, 5.74) is 1.97. The second-order valence-corrected chi connectivity index (χ2v) is 3.87. The van der Waals surface area contributed by atoms with Crippen molar-refractivity contribution in [3.05, 3.63) is 29.3 Å². The molecule has 15 heavy (non-hydrogen) atoms. The molecule has 1 aliphatic rings. The lowest BCUT2D eigenvalue weighted by Gasteiger charge is -2.28. The Labute approximate surface area is 87.6 Å². The Hall–Kier alpha value is -1.55. The molecule has 1 aromatic carbocycles. The van der Waals surface area contributed by atoms with E-state index in [1.807, 2.05) is 13.0 Å². The van der Waals surface area contributed by atoms with E-state index in [2.05, 4.69) is 5.32 Å². The fourth-order valence-corrected chi connectivity index (χ4v) is 2.02. The molecular weight excluding hydrogens is 194 g/mol. The summed E-state index contributed by atoms with van der Waals surface area (Å²) in [7, 11) is 0. The molecule has 0 spiro atoms. The number of aromatic hydroxyl groups is 1. The molecule has 3 N–H and O–H groups in total. The van der Waals surface area contributed by atoms with E-state index >= 15 is 0 Å². The first kappa shape index (κ1) is 9.98. The normalized spacial score (nSPS) is 24.6. The number of benzene rings is 1. The average Bonchev–Trinajstić information content (AvgIpc) is 2.16. The maximum absolute atomic E-state index is 10.9. The fourth-order valence-electron chi connectivity index (χ4n) is 2.02. The zero-order valence-electron chi connectivity index (χ0n) is 8.40. The highest BCUT2D eigenvalue weighted by atomic mass is 16.4. The Morgan fingerprint density at radius 2 is 2.27 bits per heavy atom. The highest BCUT2D eigenvalue weighted by Gasteiger charge is 2.27. The smallest absolute Gasteiger partial charge is 0.321 e. The molecule has 0 saturated heterocycles. The van der Waals surface area contributed by atoms with Gasteiger partial charge in [0.25, 0.3) is 0 Å². The van der Waals surface area contributed by atoms with Crippen molar-refractivity contribution >= 4 is 5.97 Å². The minimum Gasteiger partial charge on any atom is -0.508 e. The van der Waals surface area contributed by atoms with E-state index in [4.69, 9.17) is 5.11 Å². The molecule has 0 radical (unpaired) electrons.